The summed E-state index contributed by atoms with van der Waals surface area (Å²) in [6.07, 6.45) is -5.66. The van der Waals surface area contributed by atoms with Gasteiger partial charge in [0.2, 0.25) is 23.6 Å². The number of likely N-dealkylation sites (N-methyl/N-ethyl adjacent to an activating group) is 1. The highest BCUT2D eigenvalue weighted by atomic mass is 16.5. The molecule has 0 aromatic carbocycles. The van der Waals surface area contributed by atoms with Crippen LogP contribution in [0.1, 0.15) is 26.7 Å². The van der Waals surface area contributed by atoms with Crippen molar-refractivity contribution in [3.8, 4) is 0 Å². The van der Waals surface area contributed by atoms with E-state index in [0.29, 0.717) is 0 Å². The fourth-order valence-corrected chi connectivity index (χ4v) is 2.70. The number of nitrogens with two attached hydrogens (primary N) is 1. The summed E-state index contributed by atoms with van der Waals surface area (Å²) in [6, 6.07) is -3.93. The molecule has 0 heterocycles. The van der Waals surface area contributed by atoms with Crippen molar-refractivity contribution in [2.24, 2.45) is 5.73 Å². The van der Waals surface area contributed by atoms with Gasteiger partial charge in [0.25, 0.3) is 0 Å². The molecule has 0 bridgehead atoms. The van der Waals surface area contributed by atoms with Gasteiger partial charge in [0.1, 0.15) is 49.3 Å². The Labute approximate surface area is 195 Å². The molecule has 0 aromatic rings. The topological polar surface area (TPSA) is 246 Å². The predicted molar refractivity (Wildman–Crippen MR) is 113 cm³/mol. The molecular weight excluding hydrogens is 460 g/mol. The Kier molecular flexibility index (Phi) is 13.5. The minimum atomic E-state index is -1.86. The maximum Gasteiger partial charge on any atom is 0.303 e. The normalized spacial score (nSPS) is 16.2. The molecule has 6 atom stereocenters. The highest BCUT2D eigenvalue weighted by Crippen LogP contribution is 2.13. The molecule has 2 unspecified atom stereocenters. The summed E-state index contributed by atoms with van der Waals surface area (Å²) in [5, 5.41) is 42.2. The number of carboxylic acid groups (broad SMARTS) is 1. The van der Waals surface area contributed by atoms with Gasteiger partial charge in [-0.3, -0.25) is 24.0 Å². The number of rotatable bonds is 16. The molecule has 0 fully saturated rings. The second-order valence-corrected chi connectivity index (χ2v) is 7.46. The third kappa shape index (κ3) is 10.2. The maximum atomic E-state index is 12.2. The van der Waals surface area contributed by atoms with Crippen molar-refractivity contribution in [3.05, 3.63) is 0 Å². The number of amides is 4. The highest BCUT2D eigenvalue weighted by Gasteiger charge is 2.37. The Morgan fingerprint density at radius 2 is 1.74 bits per heavy atom. The Morgan fingerprint density at radius 3 is 2.18 bits per heavy atom. The molecule has 15 heteroatoms. The molecular formula is C19H32N4O11. The van der Waals surface area contributed by atoms with Gasteiger partial charge in [0.15, 0.2) is 0 Å². The first kappa shape index (κ1) is 30.9. The van der Waals surface area contributed by atoms with Crippen molar-refractivity contribution in [2.45, 2.75) is 63.1 Å². The van der Waals surface area contributed by atoms with Crippen LogP contribution >= 0.6 is 0 Å². The second kappa shape index (κ2) is 14.9. The van der Waals surface area contributed by atoms with Crippen LogP contribution in [-0.2, 0) is 33.5 Å². The van der Waals surface area contributed by atoms with Crippen LogP contribution in [0.2, 0.25) is 0 Å². The SMILES string of the molecule is CC(=O)N(C)[C@@H](C=O)[C@@H](OCC(=O)NC(C)C(=O)NC(CCC(=O)O)C(N)=O)[C@H](O)[C@H](O)CO. The third-order valence-corrected chi connectivity index (χ3v) is 4.82. The van der Waals surface area contributed by atoms with Crippen LogP contribution in [-0.4, -0.2) is 118 Å². The van der Waals surface area contributed by atoms with Crippen molar-refractivity contribution in [2.75, 3.05) is 20.3 Å². The number of carbonyl (C=O) groups is 6. The van der Waals surface area contributed by atoms with E-state index in [2.05, 4.69) is 10.6 Å². The zero-order valence-corrected chi connectivity index (χ0v) is 19.0. The Bertz CT molecular complexity index is 748. The van der Waals surface area contributed by atoms with Crippen LogP contribution in [0.15, 0.2) is 0 Å². The molecule has 0 aromatic heterocycles. The fourth-order valence-electron chi connectivity index (χ4n) is 2.70. The molecule has 8 N–H and O–H groups in total. The van der Waals surface area contributed by atoms with Gasteiger partial charge in [-0.25, -0.2) is 0 Å². The first-order valence-corrected chi connectivity index (χ1v) is 10.1. The average molecular weight is 492 g/mol. The van der Waals surface area contributed by atoms with Gasteiger partial charge < -0.3 is 51.2 Å². The van der Waals surface area contributed by atoms with Crippen LogP contribution in [0, 0.1) is 0 Å². The van der Waals surface area contributed by atoms with E-state index in [1.807, 2.05) is 0 Å². The molecule has 0 aliphatic rings. The van der Waals surface area contributed by atoms with E-state index >= 15 is 0 Å². The van der Waals surface area contributed by atoms with Gasteiger partial charge in [0, 0.05) is 20.4 Å². The van der Waals surface area contributed by atoms with Crippen LogP contribution in [0.3, 0.4) is 0 Å². The molecule has 34 heavy (non-hydrogen) atoms. The maximum absolute atomic E-state index is 12.2. The lowest BCUT2D eigenvalue weighted by Crippen LogP contribution is -2.56. The minimum Gasteiger partial charge on any atom is -0.481 e. The van der Waals surface area contributed by atoms with E-state index in [0.717, 1.165) is 11.8 Å². The largest absolute Gasteiger partial charge is 0.481 e. The molecule has 0 rings (SSSR count). The lowest BCUT2D eigenvalue weighted by Gasteiger charge is -2.34. The third-order valence-electron chi connectivity index (χ3n) is 4.82. The summed E-state index contributed by atoms with van der Waals surface area (Å²) in [5.41, 5.74) is 5.13. The number of aliphatic hydroxyl groups excluding tert-OH is 3. The van der Waals surface area contributed by atoms with Gasteiger partial charge in [-0.15, -0.1) is 0 Å². The molecule has 194 valence electrons. The first-order chi connectivity index (χ1) is 15.8. The summed E-state index contributed by atoms with van der Waals surface area (Å²) < 4.78 is 5.25. The van der Waals surface area contributed by atoms with Gasteiger partial charge in [0.05, 0.1) is 6.61 Å². The Hall–Kier alpha value is -3.14. The molecule has 0 saturated heterocycles. The lowest BCUT2D eigenvalue weighted by molar-refractivity contribution is -0.156. The van der Waals surface area contributed by atoms with Crippen LogP contribution < -0.4 is 16.4 Å². The first-order valence-electron chi connectivity index (χ1n) is 10.1. The summed E-state index contributed by atoms with van der Waals surface area (Å²) in [6.45, 7) is 0.655. The van der Waals surface area contributed by atoms with Crippen LogP contribution in [0.25, 0.3) is 0 Å². The standard InChI is InChI=1S/C19H32N4O11/c1-9(19(33)22-11(18(20)32)4-5-15(29)30)21-14(28)8-34-17(16(31)13(27)7-25)12(6-24)23(3)10(2)26/h6,9,11-13,16-17,25,27,31H,4-5,7-8H2,1-3H3,(H2,20,32)(H,21,28)(H,22,33)(H,29,30)/t9?,11?,12-,13+,16+,17+/m0/s1. The smallest absolute Gasteiger partial charge is 0.303 e. The molecule has 0 saturated carbocycles. The minimum absolute atomic E-state index is 0.258. The molecule has 15 nitrogen and oxygen atoms in total. The second-order valence-electron chi connectivity index (χ2n) is 7.46. The molecule has 0 spiro atoms. The zero-order valence-electron chi connectivity index (χ0n) is 19.0. The summed E-state index contributed by atoms with van der Waals surface area (Å²) in [7, 11) is 1.22. The number of aldehydes is 1. The fraction of sp³-hybridized carbons (Fsp3) is 0.684. The number of aliphatic hydroxyl groups is 3. The van der Waals surface area contributed by atoms with Gasteiger partial charge in [-0.05, 0) is 13.3 Å². The lowest BCUT2D eigenvalue weighted by atomic mass is 10.0. The summed E-state index contributed by atoms with van der Waals surface area (Å²) in [5.74, 6) is -4.51. The number of nitrogens with zero attached hydrogens (tertiary/aromatic N) is 1. The van der Waals surface area contributed by atoms with Crippen molar-refractivity contribution in [3.63, 3.8) is 0 Å². The number of carbonyl (C=O) groups excluding carboxylic acids is 5. The number of aliphatic carboxylic acids is 1. The highest BCUT2D eigenvalue weighted by molar-refractivity contribution is 5.91. The van der Waals surface area contributed by atoms with E-state index in [1.54, 1.807) is 0 Å². The summed E-state index contributed by atoms with van der Waals surface area (Å²) >= 11 is 0. The van der Waals surface area contributed by atoms with Gasteiger partial charge >= 0.3 is 5.97 Å². The van der Waals surface area contributed by atoms with Crippen LogP contribution in [0.5, 0.6) is 0 Å². The van der Waals surface area contributed by atoms with E-state index in [4.69, 9.17) is 20.7 Å². The van der Waals surface area contributed by atoms with Gasteiger partial charge in [-0.2, -0.15) is 0 Å². The average Bonchev–Trinajstić information content (AvgIpc) is 2.76. The van der Waals surface area contributed by atoms with Crippen LogP contribution in [0.4, 0.5) is 0 Å². The molecule has 4 amide bonds. The number of hydrogen-bond donors (Lipinski definition) is 7. The molecule has 0 radical (unpaired) electrons. The van der Waals surface area contributed by atoms with E-state index in [-0.39, 0.29) is 12.7 Å². The quantitative estimate of drug-likeness (QED) is 0.101. The number of primary amides is 1. The monoisotopic (exact) mass is 492 g/mol. The molecule has 0 aliphatic carbocycles. The Balaban J connectivity index is 5.19. The number of nitrogens with one attached hydrogen (secondary N) is 2. The number of ether oxygens (including phenoxy) is 1. The van der Waals surface area contributed by atoms with Crippen molar-refractivity contribution in [1.29, 1.82) is 0 Å². The number of hydrogen-bond acceptors (Lipinski definition) is 10. The molecule has 0 aliphatic heterocycles. The van der Waals surface area contributed by atoms with E-state index in [9.17, 15) is 39.0 Å². The van der Waals surface area contributed by atoms with Crippen molar-refractivity contribution < 1.29 is 53.9 Å². The van der Waals surface area contributed by atoms with Crippen molar-refractivity contribution >= 4 is 35.9 Å². The van der Waals surface area contributed by atoms with Gasteiger partial charge in [-0.1, -0.05) is 0 Å². The van der Waals surface area contributed by atoms with E-state index < -0.39 is 85.7 Å². The van der Waals surface area contributed by atoms with E-state index in [1.165, 1.54) is 14.0 Å². The predicted octanol–water partition coefficient (Wildman–Crippen LogP) is -4.53. The number of carboxylic acids is 1. The summed E-state index contributed by atoms with van der Waals surface area (Å²) in [4.78, 5) is 70.5. The zero-order chi connectivity index (χ0) is 26.6. The van der Waals surface area contributed by atoms with Crippen molar-refractivity contribution in [1.82, 2.24) is 15.5 Å². The Morgan fingerprint density at radius 1 is 1.15 bits per heavy atom.